The quantitative estimate of drug-likeness (QED) is 0.611. The first-order valence-corrected chi connectivity index (χ1v) is 8.76. The van der Waals surface area contributed by atoms with Gasteiger partial charge < -0.3 is 14.6 Å². The first kappa shape index (κ1) is 17.0. The number of aromatic nitrogens is 1. The number of amides is 3. The summed E-state index contributed by atoms with van der Waals surface area (Å²) in [6.45, 7) is 0.532. The predicted molar refractivity (Wildman–Crippen MR) is 101 cm³/mol. The molecular weight excluding hydrogens is 344 g/mol. The Labute approximate surface area is 156 Å². The second kappa shape index (κ2) is 7.03. The lowest BCUT2D eigenvalue weighted by molar-refractivity contribution is 0.0937. The van der Waals surface area contributed by atoms with Gasteiger partial charge in [-0.05, 0) is 12.1 Å². The van der Waals surface area contributed by atoms with Crippen LogP contribution in [0.2, 0.25) is 0 Å². The number of aryl methyl sites for hydroxylation is 1. The molecule has 0 unspecified atom stereocenters. The monoisotopic (exact) mass is 364 g/mol. The highest BCUT2D eigenvalue weighted by molar-refractivity contribution is 6.07. The van der Waals surface area contributed by atoms with Gasteiger partial charge in [0, 0.05) is 36.1 Å². The van der Waals surface area contributed by atoms with E-state index in [9.17, 15) is 9.59 Å². The van der Waals surface area contributed by atoms with Crippen LogP contribution in [0.15, 0.2) is 54.7 Å². The predicted octanol–water partition coefficient (Wildman–Crippen LogP) is 2.65. The fourth-order valence-corrected chi connectivity index (χ4v) is 3.39. The average Bonchev–Trinajstić information content (AvgIpc) is 3.04. The fourth-order valence-electron chi connectivity index (χ4n) is 3.39. The number of nitrogens with zero attached hydrogens (tertiary/aromatic N) is 1. The third-order valence-electron chi connectivity index (χ3n) is 4.69. The first-order valence-electron chi connectivity index (χ1n) is 8.76. The van der Waals surface area contributed by atoms with Crippen LogP contribution in [0.25, 0.3) is 10.9 Å². The molecule has 1 aliphatic heterocycles. The molecule has 2 heterocycles. The summed E-state index contributed by atoms with van der Waals surface area (Å²) in [5.41, 5.74) is 7.29. The zero-order chi connectivity index (χ0) is 18.8. The molecule has 138 valence electrons. The molecule has 1 aliphatic rings. The summed E-state index contributed by atoms with van der Waals surface area (Å²) in [4.78, 5) is 24.7. The number of hydrogen-bond acceptors (Lipinski definition) is 3. The number of para-hydroxylation sites is 2. The maximum atomic E-state index is 12.5. The summed E-state index contributed by atoms with van der Waals surface area (Å²) >= 11 is 0. The minimum atomic E-state index is -0.467. The van der Waals surface area contributed by atoms with Crippen LogP contribution in [-0.4, -0.2) is 23.1 Å². The highest BCUT2D eigenvalue weighted by atomic mass is 16.5. The second-order valence-corrected chi connectivity index (χ2v) is 6.45. The van der Waals surface area contributed by atoms with E-state index in [1.165, 1.54) is 0 Å². The number of fused-ring (bicyclic) bond motifs is 2. The minimum absolute atomic E-state index is 0.163. The Morgan fingerprint density at radius 2 is 1.85 bits per heavy atom. The lowest BCUT2D eigenvalue weighted by Gasteiger charge is -2.26. The van der Waals surface area contributed by atoms with Gasteiger partial charge in [-0.2, -0.15) is 0 Å². The zero-order valence-electron chi connectivity index (χ0n) is 14.9. The van der Waals surface area contributed by atoms with E-state index < -0.39 is 6.03 Å². The minimum Gasteiger partial charge on any atom is -0.493 e. The van der Waals surface area contributed by atoms with Gasteiger partial charge in [0.15, 0.2) is 0 Å². The van der Waals surface area contributed by atoms with E-state index in [-0.39, 0.29) is 11.9 Å². The van der Waals surface area contributed by atoms with Crippen molar-refractivity contribution in [1.29, 1.82) is 0 Å². The number of carbonyl (C=O) groups is 2. The maximum absolute atomic E-state index is 12.5. The molecule has 4 rings (SSSR count). The average molecular weight is 364 g/mol. The van der Waals surface area contributed by atoms with Gasteiger partial charge in [-0.15, -0.1) is 0 Å². The molecule has 0 saturated heterocycles. The van der Waals surface area contributed by atoms with Crippen LogP contribution in [0.1, 0.15) is 28.4 Å². The number of ether oxygens (including phenoxy) is 1. The second-order valence-electron chi connectivity index (χ2n) is 6.45. The van der Waals surface area contributed by atoms with E-state index in [1.807, 2.05) is 60.1 Å². The molecule has 0 fully saturated rings. The van der Waals surface area contributed by atoms with Crippen LogP contribution < -0.4 is 20.9 Å². The van der Waals surface area contributed by atoms with Gasteiger partial charge in [-0.1, -0.05) is 36.4 Å². The highest BCUT2D eigenvalue weighted by Gasteiger charge is 2.23. The number of benzene rings is 2. The molecule has 3 N–H and O–H groups in total. The van der Waals surface area contributed by atoms with Gasteiger partial charge in [0.25, 0.3) is 5.91 Å². The summed E-state index contributed by atoms with van der Waals surface area (Å²) in [7, 11) is 1.88. The van der Waals surface area contributed by atoms with Gasteiger partial charge >= 0.3 is 6.03 Å². The number of urea groups is 1. The summed E-state index contributed by atoms with van der Waals surface area (Å²) in [6.07, 6.45) is 2.41. The Hall–Kier alpha value is -3.48. The summed E-state index contributed by atoms with van der Waals surface area (Å²) in [5.74, 6) is 0.406. The maximum Gasteiger partial charge on any atom is 0.333 e. The Bertz CT molecular complexity index is 1010. The van der Waals surface area contributed by atoms with Crippen molar-refractivity contribution in [1.82, 2.24) is 20.7 Å². The topological polar surface area (TPSA) is 84.4 Å². The molecule has 7 nitrogen and oxygen atoms in total. The van der Waals surface area contributed by atoms with Crippen molar-refractivity contribution in [3.8, 4) is 5.75 Å². The van der Waals surface area contributed by atoms with E-state index in [4.69, 9.17) is 4.74 Å². The van der Waals surface area contributed by atoms with E-state index in [1.54, 1.807) is 6.20 Å². The smallest absolute Gasteiger partial charge is 0.333 e. The highest BCUT2D eigenvalue weighted by Crippen LogP contribution is 2.31. The third kappa shape index (κ3) is 3.31. The van der Waals surface area contributed by atoms with Crippen molar-refractivity contribution in [2.45, 2.75) is 12.5 Å². The molecule has 0 bridgehead atoms. The van der Waals surface area contributed by atoms with Gasteiger partial charge in [0.1, 0.15) is 5.75 Å². The SMILES string of the molecule is Cn1cc(C(=O)NNC(=O)N[C@H]2CCOc3ccccc32)c2ccccc21. The third-order valence-corrected chi connectivity index (χ3v) is 4.69. The first-order chi connectivity index (χ1) is 13.1. The lowest BCUT2D eigenvalue weighted by atomic mass is 10.0. The molecule has 1 atom stereocenters. The van der Waals surface area contributed by atoms with Crippen LogP contribution >= 0.6 is 0 Å². The van der Waals surface area contributed by atoms with Crippen molar-refractivity contribution in [2.24, 2.45) is 7.05 Å². The number of hydrogen-bond donors (Lipinski definition) is 3. The van der Waals surface area contributed by atoms with Gasteiger partial charge in [-0.3, -0.25) is 10.2 Å². The van der Waals surface area contributed by atoms with Gasteiger partial charge in [-0.25, -0.2) is 10.2 Å². The number of hydrazine groups is 1. The van der Waals surface area contributed by atoms with Gasteiger partial charge in [0.05, 0.1) is 18.2 Å². The molecule has 0 saturated carbocycles. The van der Waals surface area contributed by atoms with Crippen molar-refractivity contribution >= 4 is 22.8 Å². The largest absolute Gasteiger partial charge is 0.493 e. The van der Waals surface area contributed by atoms with Crippen LogP contribution in [0, 0.1) is 0 Å². The van der Waals surface area contributed by atoms with E-state index >= 15 is 0 Å². The summed E-state index contributed by atoms with van der Waals surface area (Å²) in [5, 5.41) is 3.71. The normalized spacial score (nSPS) is 15.5. The molecule has 0 radical (unpaired) electrons. The van der Waals surface area contributed by atoms with Crippen LogP contribution in [0.5, 0.6) is 5.75 Å². The van der Waals surface area contributed by atoms with Crippen LogP contribution in [0.3, 0.4) is 0 Å². The lowest BCUT2D eigenvalue weighted by Crippen LogP contribution is -2.48. The molecule has 7 heteroatoms. The van der Waals surface area contributed by atoms with Crippen molar-refractivity contribution in [2.75, 3.05) is 6.61 Å². The molecular formula is C20H20N4O3. The van der Waals surface area contributed by atoms with Crippen LogP contribution in [-0.2, 0) is 7.05 Å². The molecule has 1 aromatic heterocycles. The van der Waals surface area contributed by atoms with Crippen molar-refractivity contribution < 1.29 is 14.3 Å². The molecule has 27 heavy (non-hydrogen) atoms. The Balaban J connectivity index is 1.40. The molecule has 2 aromatic carbocycles. The van der Waals surface area contributed by atoms with E-state index in [0.29, 0.717) is 18.6 Å². The van der Waals surface area contributed by atoms with Crippen LogP contribution in [0.4, 0.5) is 4.79 Å². The van der Waals surface area contributed by atoms with E-state index in [2.05, 4.69) is 16.2 Å². The number of nitrogens with one attached hydrogen (secondary N) is 3. The Morgan fingerprint density at radius 1 is 1.07 bits per heavy atom. The molecule has 3 amide bonds. The number of rotatable bonds is 2. The zero-order valence-corrected chi connectivity index (χ0v) is 14.9. The summed E-state index contributed by atoms with van der Waals surface area (Å²) in [6, 6.07) is 14.6. The van der Waals surface area contributed by atoms with Gasteiger partial charge in [0.2, 0.25) is 0 Å². The summed E-state index contributed by atoms with van der Waals surface area (Å²) < 4.78 is 7.47. The standard InChI is InChI=1S/C20H20N4O3/c1-24-12-15(13-6-2-4-8-17(13)24)19(25)22-23-20(26)21-16-10-11-27-18-9-5-3-7-14(16)18/h2-9,12,16H,10-11H2,1H3,(H,22,25)(H2,21,23,26)/t16-/m0/s1. The Morgan fingerprint density at radius 3 is 2.74 bits per heavy atom. The van der Waals surface area contributed by atoms with Crippen molar-refractivity contribution in [3.05, 3.63) is 65.9 Å². The molecule has 0 aliphatic carbocycles. The molecule has 3 aromatic rings. The fraction of sp³-hybridized carbons (Fsp3) is 0.200. The van der Waals surface area contributed by atoms with Crippen molar-refractivity contribution in [3.63, 3.8) is 0 Å². The van der Waals surface area contributed by atoms with E-state index in [0.717, 1.165) is 22.2 Å². The number of carbonyl (C=O) groups excluding carboxylic acids is 2. The Kier molecular flexibility index (Phi) is 4.42. The molecule has 0 spiro atoms.